The summed E-state index contributed by atoms with van der Waals surface area (Å²) in [5, 5.41) is 0. The Hall–Kier alpha value is -1.04. The molecule has 0 saturated carbocycles. The quantitative estimate of drug-likeness (QED) is 0.780. The lowest BCUT2D eigenvalue weighted by molar-refractivity contribution is -0.137. The molecule has 1 aromatic rings. The van der Waals surface area contributed by atoms with Gasteiger partial charge >= 0.3 is 6.18 Å². The third kappa shape index (κ3) is 4.01. The fourth-order valence-electron chi connectivity index (χ4n) is 1.45. The van der Waals surface area contributed by atoms with E-state index in [2.05, 4.69) is 15.9 Å². The summed E-state index contributed by atoms with van der Waals surface area (Å²) in [4.78, 5) is 12.7. The van der Waals surface area contributed by atoms with E-state index in [-0.39, 0.29) is 17.3 Å². The third-order valence-electron chi connectivity index (χ3n) is 2.42. The summed E-state index contributed by atoms with van der Waals surface area (Å²) in [5.74, 6) is -0.116. The molecule has 18 heavy (non-hydrogen) atoms. The smallest absolute Gasteiger partial charge is 0.340 e. The van der Waals surface area contributed by atoms with Gasteiger partial charge in [-0.2, -0.15) is 13.2 Å². The topological polar surface area (TPSA) is 20.3 Å². The molecule has 1 unspecified atom stereocenters. The second kappa shape index (κ2) is 5.73. The van der Waals surface area contributed by atoms with Gasteiger partial charge < -0.3 is 4.90 Å². The van der Waals surface area contributed by atoms with E-state index in [9.17, 15) is 18.0 Å². The fraction of sp³-hybridized carbons (Fsp3) is 0.417. The molecule has 0 fully saturated rings. The van der Waals surface area contributed by atoms with Gasteiger partial charge in [-0.1, -0.05) is 28.1 Å². The average Bonchev–Trinajstić information content (AvgIpc) is 2.27. The van der Waals surface area contributed by atoms with Crippen molar-refractivity contribution in [2.75, 3.05) is 7.05 Å². The zero-order chi connectivity index (χ0) is 13.9. The van der Waals surface area contributed by atoms with E-state index in [1.165, 1.54) is 17.0 Å². The minimum absolute atomic E-state index is 0.116. The average molecular weight is 324 g/mol. The number of hydrogen-bond donors (Lipinski definition) is 0. The van der Waals surface area contributed by atoms with Crippen molar-refractivity contribution in [2.45, 2.75) is 24.5 Å². The number of halogens is 4. The Kier molecular flexibility index (Phi) is 4.78. The number of carbonyl (C=O) groups is 1. The summed E-state index contributed by atoms with van der Waals surface area (Å²) in [5.41, 5.74) is -0.0268. The van der Waals surface area contributed by atoms with Crippen molar-refractivity contribution in [1.29, 1.82) is 0 Å². The SMILES string of the molecule is CC(Br)C(=O)N(C)Cc1ccc(C(F)(F)F)cc1. The van der Waals surface area contributed by atoms with E-state index in [4.69, 9.17) is 0 Å². The van der Waals surface area contributed by atoms with E-state index in [1.807, 2.05) is 0 Å². The minimum Gasteiger partial charge on any atom is -0.340 e. The van der Waals surface area contributed by atoms with E-state index in [0.717, 1.165) is 12.1 Å². The molecule has 0 radical (unpaired) electrons. The van der Waals surface area contributed by atoms with Gasteiger partial charge in [-0.3, -0.25) is 4.79 Å². The minimum atomic E-state index is -4.33. The van der Waals surface area contributed by atoms with E-state index in [0.29, 0.717) is 5.56 Å². The number of benzene rings is 1. The summed E-state index contributed by atoms with van der Waals surface area (Å²) in [6.07, 6.45) is -4.33. The molecule has 0 heterocycles. The maximum absolute atomic E-state index is 12.3. The molecule has 0 aliphatic heterocycles. The Balaban J connectivity index is 2.73. The molecule has 0 N–H and O–H groups in total. The first-order valence-corrected chi connectivity index (χ1v) is 6.18. The van der Waals surface area contributed by atoms with Crippen molar-refractivity contribution in [3.8, 4) is 0 Å². The Morgan fingerprint density at radius 3 is 2.22 bits per heavy atom. The lowest BCUT2D eigenvalue weighted by atomic mass is 10.1. The zero-order valence-corrected chi connectivity index (χ0v) is 11.5. The van der Waals surface area contributed by atoms with Crippen LogP contribution < -0.4 is 0 Å². The highest BCUT2D eigenvalue weighted by atomic mass is 79.9. The Morgan fingerprint density at radius 1 is 1.33 bits per heavy atom. The Bertz CT molecular complexity index is 414. The summed E-state index contributed by atoms with van der Waals surface area (Å²) in [6, 6.07) is 4.80. The van der Waals surface area contributed by atoms with Crippen LogP contribution in [-0.2, 0) is 17.5 Å². The van der Waals surface area contributed by atoms with Gasteiger partial charge in [0, 0.05) is 13.6 Å². The van der Waals surface area contributed by atoms with Gasteiger partial charge in [0.25, 0.3) is 0 Å². The molecule has 100 valence electrons. The van der Waals surface area contributed by atoms with Crippen LogP contribution in [0.1, 0.15) is 18.1 Å². The molecule has 0 aromatic heterocycles. The lowest BCUT2D eigenvalue weighted by Gasteiger charge is -2.19. The van der Waals surface area contributed by atoms with Crippen LogP contribution >= 0.6 is 15.9 Å². The molecular weight excluding hydrogens is 311 g/mol. The summed E-state index contributed by atoms with van der Waals surface area (Å²) in [6.45, 7) is 1.98. The molecule has 0 bridgehead atoms. The number of alkyl halides is 4. The summed E-state index contributed by atoms with van der Waals surface area (Å²) >= 11 is 3.15. The first kappa shape index (κ1) is 15.0. The largest absolute Gasteiger partial charge is 0.416 e. The zero-order valence-electron chi connectivity index (χ0n) is 9.96. The molecule has 0 saturated heterocycles. The van der Waals surface area contributed by atoms with Crippen molar-refractivity contribution < 1.29 is 18.0 Å². The fourth-order valence-corrected chi connectivity index (χ4v) is 1.80. The van der Waals surface area contributed by atoms with Crippen molar-refractivity contribution in [3.05, 3.63) is 35.4 Å². The van der Waals surface area contributed by atoms with Gasteiger partial charge in [0.1, 0.15) is 0 Å². The molecule has 2 nitrogen and oxygen atoms in total. The second-order valence-electron chi connectivity index (χ2n) is 4.00. The van der Waals surface area contributed by atoms with Crippen LogP contribution in [0.25, 0.3) is 0 Å². The maximum atomic E-state index is 12.3. The number of nitrogens with zero attached hydrogens (tertiary/aromatic N) is 1. The Labute approximate surface area is 112 Å². The molecular formula is C12H13BrF3NO. The van der Waals surface area contributed by atoms with Gasteiger partial charge in [0.2, 0.25) is 5.91 Å². The van der Waals surface area contributed by atoms with Crippen molar-refractivity contribution in [3.63, 3.8) is 0 Å². The predicted molar refractivity (Wildman–Crippen MR) is 66.3 cm³/mol. The van der Waals surface area contributed by atoms with Gasteiger partial charge in [-0.15, -0.1) is 0 Å². The number of carbonyl (C=O) groups excluding carboxylic acids is 1. The third-order valence-corrected chi connectivity index (χ3v) is 2.81. The normalized spacial score (nSPS) is 13.2. The van der Waals surface area contributed by atoms with Crippen molar-refractivity contribution in [2.24, 2.45) is 0 Å². The van der Waals surface area contributed by atoms with Crippen LogP contribution in [0.5, 0.6) is 0 Å². The highest BCUT2D eigenvalue weighted by molar-refractivity contribution is 9.10. The van der Waals surface area contributed by atoms with Crippen molar-refractivity contribution >= 4 is 21.8 Å². The van der Waals surface area contributed by atoms with Crippen LogP contribution in [0.3, 0.4) is 0 Å². The van der Waals surface area contributed by atoms with Gasteiger partial charge in [-0.25, -0.2) is 0 Å². The molecule has 0 spiro atoms. The van der Waals surface area contributed by atoms with Crippen LogP contribution in [0.15, 0.2) is 24.3 Å². The number of hydrogen-bond acceptors (Lipinski definition) is 1. The monoisotopic (exact) mass is 323 g/mol. The van der Waals surface area contributed by atoms with Gasteiger partial charge in [0.15, 0.2) is 0 Å². The van der Waals surface area contributed by atoms with Crippen LogP contribution in [0, 0.1) is 0 Å². The van der Waals surface area contributed by atoms with Gasteiger partial charge in [0.05, 0.1) is 10.4 Å². The predicted octanol–water partition coefficient (Wildman–Crippen LogP) is 3.45. The molecule has 1 atom stereocenters. The highest BCUT2D eigenvalue weighted by Gasteiger charge is 2.30. The molecule has 6 heteroatoms. The standard InChI is InChI=1S/C12H13BrF3NO/c1-8(13)11(18)17(2)7-9-3-5-10(6-4-9)12(14,15)16/h3-6,8H,7H2,1-2H3. The molecule has 1 rings (SSSR count). The van der Waals surface area contributed by atoms with Crippen LogP contribution in [0.4, 0.5) is 13.2 Å². The van der Waals surface area contributed by atoms with Gasteiger partial charge in [-0.05, 0) is 24.6 Å². The van der Waals surface area contributed by atoms with Crippen LogP contribution in [0.2, 0.25) is 0 Å². The molecule has 1 amide bonds. The van der Waals surface area contributed by atoms with E-state index in [1.54, 1.807) is 14.0 Å². The molecule has 0 aliphatic carbocycles. The number of rotatable bonds is 3. The molecule has 1 aromatic carbocycles. The number of amides is 1. The lowest BCUT2D eigenvalue weighted by Crippen LogP contribution is -2.31. The highest BCUT2D eigenvalue weighted by Crippen LogP contribution is 2.29. The second-order valence-corrected chi connectivity index (χ2v) is 5.38. The first-order chi connectivity index (χ1) is 8.21. The maximum Gasteiger partial charge on any atom is 0.416 e. The van der Waals surface area contributed by atoms with Crippen molar-refractivity contribution in [1.82, 2.24) is 4.90 Å². The van der Waals surface area contributed by atoms with E-state index < -0.39 is 11.7 Å². The summed E-state index contributed by atoms with van der Waals surface area (Å²) in [7, 11) is 1.61. The Morgan fingerprint density at radius 2 is 1.83 bits per heavy atom. The summed E-state index contributed by atoms with van der Waals surface area (Å²) < 4.78 is 37.0. The van der Waals surface area contributed by atoms with Crippen LogP contribution in [-0.4, -0.2) is 22.7 Å². The van der Waals surface area contributed by atoms with E-state index >= 15 is 0 Å². The molecule has 0 aliphatic rings. The first-order valence-electron chi connectivity index (χ1n) is 5.27.